The van der Waals surface area contributed by atoms with E-state index in [4.69, 9.17) is 0 Å². The van der Waals surface area contributed by atoms with Crippen molar-refractivity contribution in [2.75, 3.05) is 0 Å². The molecule has 1 unspecified atom stereocenters. The van der Waals surface area contributed by atoms with E-state index < -0.39 is 17.8 Å². The molecule has 2 aromatic rings. The molecule has 128 valence electrons. The van der Waals surface area contributed by atoms with Crippen LogP contribution in [0.5, 0.6) is 0 Å². The van der Waals surface area contributed by atoms with Gasteiger partial charge in [-0.1, -0.05) is 36.4 Å². The molecule has 1 atom stereocenters. The molecule has 2 rings (SSSR count). The Morgan fingerprint density at radius 2 is 1.71 bits per heavy atom. The Morgan fingerprint density at radius 1 is 1.08 bits per heavy atom. The third-order valence-corrected chi connectivity index (χ3v) is 3.79. The minimum absolute atomic E-state index is 0.370. The van der Waals surface area contributed by atoms with E-state index in [1.807, 2.05) is 31.2 Å². The molecular weight excluding hydrogens is 317 g/mol. The molecule has 3 nitrogen and oxygen atoms in total. The van der Waals surface area contributed by atoms with E-state index in [9.17, 15) is 18.0 Å². The van der Waals surface area contributed by atoms with Crippen molar-refractivity contribution < 1.29 is 18.0 Å². The number of carbonyl (C=O) groups excluding carboxylic acids is 1. The zero-order valence-electron chi connectivity index (χ0n) is 13.4. The highest BCUT2D eigenvalue weighted by atomic mass is 19.4. The number of amides is 2. The van der Waals surface area contributed by atoms with E-state index >= 15 is 0 Å². The lowest BCUT2D eigenvalue weighted by Crippen LogP contribution is -2.36. The number of hydrogen-bond acceptors (Lipinski definition) is 1. The Balaban J connectivity index is 1.90. The van der Waals surface area contributed by atoms with E-state index in [-0.39, 0.29) is 6.03 Å². The number of nitrogens with one attached hydrogen (secondary N) is 2. The number of carbonyl (C=O) groups is 1. The Morgan fingerprint density at radius 3 is 2.29 bits per heavy atom. The monoisotopic (exact) mass is 336 g/mol. The van der Waals surface area contributed by atoms with Gasteiger partial charge in [-0.15, -0.1) is 0 Å². The molecule has 0 aliphatic heterocycles. The second-order valence-electron chi connectivity index (χ2n) is 5.59. The summed E-state index contributed by atoms with van der Waals surface area (Å²) >= 11 is 0. The first kappa shape index (κ1) is 17.8. The fourth-order valence-corrected chi connectivity index (χ4v) is 2.28. The number of urea groups is 1. The van der Waals surface area contributed by atoms with Gasteiger partial charge in [-0.25, -0.2) is 4.79 Å². The predicted octanol–water partition coefficient (Wildman–Crippen LogP) is 4.57. The van der Waals surface area contributed by atoms with Crippen LogP contribution in [0.4, 0.5) is 18.0 Å². The summed E-state index contributed by atoms with van der Waals surface area (Å²) < 4.78 is 37.6. The average molecular weight is 336 g/mol. The summed E-state index contributed by atoms with van der Waals surface area (Å²) in [6.07, 6.45) is -4.36. The number of halogens is 3. The predicted molar refractivity (Wildman–Crippen MR) is 86.4 cm³/mol. The van der Waals surface area contributed by atoms with Gasteiger partial charge in [-0.05, 0) is 42.7 Å². The third-order valence-electron chi connectivity index (χ3n) is 3.79. The molecule has 6 heteroatoms. The van der Waals surface area contributed by atoms with Gasteiger partial charge in [0.2, 0.25) is 0 Å². The quantitative estimate of drug-likeness (QED) is 0.843. The van der Waals surface area contributed by atoms with E-state index in [1.165, 1.54) is 12.1 Å². The Labute approximate surface area is 138 Å². The molecule has 24 heavy (non-hydrogen) atoms. The van der Waals surface area contributed by atoms with Crippen molar-refractivity contribution in [2.45, 2.75) is 32.6 Å². The van der Waals surface area contributed by atoms with Crippen molar-refractivity contribution in [3.05, 3.63) is 70.8 Å². The van der Waals surface area contributed by atoms with Gasteiger partial charge in [-0.3, -0.25) is 0 Å². The van der Waals surface area contributed by atoms with Gasteiger partial charge < -0.3 is 10.6 Å². The van der Waals surface area contributed by atoms with Crippen LogP contribution in [0, 0.1) is 6.92 Å². The van der Waals surface area contributed by atoms with Gasteiger partial charge >= 0.3 is 12.2 Å². The highest BCUT2D eigenvalue weighted by molar-refractivity contribution is 5.74. The third kappa shape index (κ3) is 4.75. The molecule has 0 saturated heterocycles. The van der Waals surface area contributed by atoms with Crippen LogP contribution in [-0.2, 0) is 12.7 Å². The van der Waals surface area contributed by atoms with Crippen molar-refractivity contribution in [1.82, 2.24) is 10.6 Å². The zero-order valence-corrected chi connectivity index (χ0v) is 13.4. The van der Waals surface area contributed by atoms with Crippen molar-refractivity contribution in [1.29, 1.82) is 0 Å². The molecule has 0 aliphatic rings. The van der Waals surface area contributed by atoms with Crippen LogP contribution in [0.3, 0.4) is 0 Å². The minimum atomic E-state index is -4.36. The zero-order chi connectivity index (χ0) is 17.7. The molecule has 0 radical (unpaired) electrons. The van der Waals surface area contributed by atoms with Crippen molar-refractivity contribution in [3.8, 4) is 0 Å². The summed E-state index contributed by atoms with van der Waals surface area (Å²) in [5.74, 6) is 0. The fourth-order valence-electron chi connectivity index (χ4n) is 2.28. The van der Waals surface area contributed by atoms with Crippen molar-refractivity contribution >= 4 is 6.03 Å². The van der Waals surface area contributed by atoms with E-state index in [2.05, 4.69) is 10.6 Å². The van der Waals surface area contributed by atoms with Gasteiger partial charge in [0.05, 0.1) is 11.6 Å². The van der Waals surface area contributed by atoms with Gasteiger partial charge in [0.15, 0.2) is 0 Å². The SMILES string of the molecule is Cc1ccccc1CNC(=O)NC(C)c1ccc(C(F)(F)F)cc1. The number of benzene rings is 2. The molecule has 0 aliphatic carbocycles. The average Bonchev–Trinajstić information content (AvgIpc) is 2.53. The number of hydrogen-bond donors (Lipinski definition) is 2. The highest BCUT2D eigenvalue weighted by Gasteiger charge is 2.30. The van der Waals surface area contributed by atoms with Crippen LogP contribution in [-0.4, -0.2) is 6.03 Å². The lowest BCUT2D eigenvalue weighted by atomic mass is 10.1. The molecule has 2 aromatic carbocycles. The van der Waals surface area contributed by atoms with Crippen LogP contribution >= 0.6 is 0 Å². The molecule has 0 spiro atoms. The first-order valence-electron chi connectivity index (χ1n) is 7.53. The molecule has 2 amide bonds. The number of rotatable bonds is 4. The minimum Gasteiger partial charge on any atom is -0.334 e. The maximum Gasteiger partial charge on any atom is 0.416 e. The number of aryl methyl sites for hydroxylation is 1. The summed E-state index contributed by atoms with van der Waals surface area (Å²) in [7, 11) is 0. The molecule has 0 aromatic heterocycles. The lowest BCUT2D eigenvalue weighted by molar-refractivity contribution is -0.137. The van der Waals surface area contributed by atoms with Crippen LogP contribution < -0.4 is 10.6 Å². The number of alkyl halides is 3. The molecule has 0 fully saturated rings. The smallest absolute Gasteiger partial charge is 0.334 e. The molecule has 0 bridgehead atoms. The van der Waals surface area contributed by atoms with E-state index in [0.717, 1.165) is 23.3 Å². The van der Waals surface area contributed by atoms with Crippen LogP contribution in [0.15, 0.2) is 48.5 Å². The van der Waals surface area contributed by atoms with E-state index in [1.54, 1.807) is 6.92 Å². The maximum atomic E-state index is 12.5. The first-order valence-corrected chi connectivity index (χ1v) is 7.53. The van der Waals surface area contributed by atoms with Gasteiger partial charge in [0.1, 0.15) is 0 Å². The summed E-state index contributed by atoms with van der Waals surface area (Å²) in [4.78, 5) is 11.9. The van der Waals surface area contributed by atoms with Crippen molar-refractivity contribution in [2.24, 2.45) is 0 Å². The standard InChI is InChI=1S/C18H19F3N2O/c1-12-5-3-4-6-15(12)11-22-17(24)23-13(2)14-7-9-16(10-8-14)18(19,20)21/h3-10,13H,11H2,1-2H3,(H2,22,23,24). The highest BCUT2D eigenvalue weighted by Crippen LogP contribution is 2.29. The van der Waals surface area contributed by atoms with Crippen LogP contribution in [0.25, 0.3) is 0 Å². The lowest BCUT2D eigenvalue weighted by Gasteiger charge is -2.16. The topological polar surface area (TPSA) is 41.1 Å². The largest absolute Gasteiger partial charge is 0.416 e. The Bertz CT molecular complexity index is 696. The summed E-state index contributed by atoms with van der Waals surface area (Å²) in [6.45, 7) is 4.06. The second kappa shape index (κ2) is 7.38. The van der Waals surface area contributed by atoms with Gasteiger partial charge in [0, 0.05) is 6.54 Å². The first-order chi connectivity index (χ1) is 11.3. The van der Waals surface area contributed by atoms with Gasteiger partial charge in [-0.2, -0.15) is 13.2 Å². The second-order valence-corrected chi connectivity index (χ2v) is 5.59. The molecule has 2 N–H and O–H groups in total. The maximum absolute atomic E-state index is 12.5. The summed E-state index contributed by atoms with van der Waals surface area (Å²) in [5, 5.41) is 5.46. The van der Waals surface area contributed by atoms with Crippen molar-refractivity contribution in [3.63, 3.8) is 0 Å². The van der Waals surface area contributed by atoms with E-state index in [0.29, 0.717) is 12.1 Å². The fraction of sp³-hybridized carbons (Fsp3) is 0.278. The molecular formula is C18H19F3N2O. The van der Waals surface area contributed by atoms with Crippen LogP contribution in [0.1, 0.15) is 35.2 Å². The summed E-state index contributed by atoms with van der Waals surface area (Å²) in [6, 6.07) is 11.7. The Hall–Kier alpha value is -2.50. The van der Waals surface area contributed by atoms with Crippen LogP contribution in [0.2, 0.25) is 0 Å². The van der Waals surface area contributed by atoms with Gasteiger partial charge in [0.25, 0.3) is 0 Å². The normalized spacial score (nSPS) is 12.5. The summed E-state index contributed by atoms with van der Waals surface area (Å²) in [5.41, 5.74) is 1.99. The molecule has 0 heterocycles. The molecule has 0 saturated carbocycles. The Kier molecular flexibility index (Phi) is 5.49.